The minimum atomic E-state index is -0.0492. The number of carbonyl (C=O) groups excluding carboxylic acids is 1. The third-order valence-electron chi connectivity index (χ3n) is 4.08. The maximum Gasteiger partial charge on any atom is 0.167 e. The van der Waals surface area contributed by atoms with E-state index in [1.54, 1.807) is 0 Å². The topological polar surface area (TPSA) is 47.6 Å². The van der Waals surface area contributed by atoms with Crippen molar-refractivity contribution in [2.45, 2.75) is 32.7 Å². The van der Waals surface area contributed by atoms with Gasteiger partial charge in [-0.15, -0.1) is 0 Å². The predicted molar refractivity (Wildman–Crippen MR) is 95.2 cm³/mol. The number of nitrogens with one attached hydrogen (secondary N) is 1. The monoisotopic (exact) mass is 325 g/mol. The Balaban J connectivity index is 1.87. The zero-order valence-electron chi connectivity index (χ0n) is 14.2. The number of ether oxygens (including phenoxy) is 2. The molecule has 0 bridgehead atoms. The molecule has 1 heterocycles. The van der Waals surface area contributed by atoms with Gasteiger partial charge in [0.15, 0.2) is 17.3 Å². The van der Waals surface area contributed by atoms with Crippen LogP contribution >= 0.6 is 0 Å². The molecular weight excluding hydrogens is 302 g/mol. The van der Waals surface area contributed by atoms with Crippen LogP contribution in [0.2, 0.25) is 0 Å². The Bertz CT molecular complexity index is 727. The molecule has 0 spiro atoms. The lowest BCUT2D eigenvalue weighted by Crippen LogP contribution is -2.22. The van der Waals surface area contributed by atoms with Crippen LogP contribution in [0.25, 0.3) is 0 Å². The summed E-state index contributed by atoms with van der Waals surface area (Å²) in [6.45, 7) is 5.26. The molecule has 1 aliphatic heterocycles. The molecule has 0 aliphatic carbocycles. The van der Waals surface area contributed by atoms with Crippen LogP contribution in [-0.4, -0.2) is 19.0 Å². The minimum Gasteiger partial charge on any atom is -0.490 e. The molecule has 1 N–H and O–H groups in total. The second kappa shape index (κ2) is 7.39. The van der Waals surface area contributed by atoms with Crippen LogP contribution in [0.15, 0.2) is 42.5 Å². The summed E-state index contributed by atoms with van der Waals surface area (Å²) in [5, 5.41) is 3.46. The molecule has 1 atom stereocenters. The van der Waals surface area contributed by atoms with Crippen molar-refractivity contribution >= 4 is 11.5 Å². The van der Waals surface area contributed by atoms with Crippen molar-refractivity contribution in [3.05, 3.63) is 53.6 Å². The maximum absolute atomic E-state index is 12.4. The van der Waals surface area contributed by atoms with E-state index in [0.29, 0.717) is 19.6 Å². The average Bonchev–Trinajstić information content (AvgIpc) is 2.61. The average molecular weight is 325 g/mol. The molecule has 2 aromatic rings. The summed E-state index contributed by atoms with van der Waals surface area (Å²) in [4.78, 5) is 12.4. The maximum atomic E-state index is 12.4. The summed E-state index contributed by atoms with van der Waals surface area (Å²) in [6, 6.07) is 13.5. The number of rotatable bonds is 6. The van der Waals surface area contributed by atoms with Gasteiger partial charge in [0.1, 0.15) is 0 Å². The summed E-state index contributed by atoms with van der Waals surface area (Å²) in [5.74, 6) is 1.65. The van der Waals surface area contributed by atoms with Crippen LogP contribution in [0.4, 0.5) is 5.69 Å². The van der Waals surface area contributed by atoms with Crippen molar-refractivity contribution < 1.29 is 14.3 Å². The molecule has 4 nitrogen and oxygen atoms in total. The van der Waals surface area contributed by atoms with Crippen LogP contribution < -0.4 is 14.8 Å². The standard InChI is InChI=1S/C20H23NO3/c1-3-11-24-19-10-9-14(12-20(19)23-4-2)17-13-18(22)15-7-5-6-8-16(15)21-17/h5-10,12,17,21H,3-4,11,13H2,1-2H3. The Morgan fingerprint density at radius 3 is 2.71 bits per heavy atom. The number of benzene rings is 2. The second-order valence-electron chi connectivity index (χ2n) is 5.86. The van der Waals surface area contributed by atoms with Crippen LogP contribution in [0.5, 0.6) is 11.5 Å². The third kappa shape index (κ3) is 3.37. The summed E-state index contributed by atoms with van der Waals surface area (Å²) >= 11 is 0. The molecule has 4 heteroatoms. The summed E-state index contributed by atoms with van der Waals surface area (Å²) in [5.41, 5.74) is 2.69. The molecule has 3 rings (SSSR count). The quantitative estimate of drug-likeness (QED) is 0.842. The number of ketones is 1. The SMILES string of the molecule is CCCOc1ccc(C2CC(=O)c3ccccc3N2)cc1OCC. The third-order valence-corrected chi connectivity index (χ3v) is 4.08. The molecule has 0 saturated carbocycles. The number of hydrogen-bond donors (Lipinski definition) is 1. The van der Waals surface area contributed by atoms with Gasteiger partial charge in [0.2, 0.25) is 0 Å². The molecule has 0 fully saturated rings. The lowest BCUT2D eigenvalue weighted by molar-refractivity contribution is 0.0972. The zero-order chi connectivity index (χ0) is 16.9. The first-order valence-electron chi connectivity index (χ1n) is 8.51. The van der Waals surface area contributed by atoms with E-state index in [4.69, 9.17) is 9.47 Å². The Kier molecular flexibility index (Phi) is 5.04. The normalized spacial score (nSPS) is 16.2. The molecule has 24 heavy (non-hydrogen) atoms. The highest BCUT2D eigenvalue weighted by molar-refractivity contribution is 6.03. The number of fused-ring (bicyclic) bond motifs is 1. The van der Waals surface area contributed by atoms with Crippen molar-refractivity contribution in [3.8, 4) is 11.5 Å². The zero-order valence-corrected chi connectivity index (χ0v) is 14.2. The first-order chi connectivity index (χ1) is 11.7. The van der Waals surface area contributed by atoms with Crippen LogP contribution in [0, 0.1) is 0 Å². The van der Waals surface area contributed by atoms with Crippen molar-refractivity contribution in [2.24, 2.45) is 0 Å². The number of hydrogen-bond acceptors (Lipinski definition) is 4. The van der Waals surface area contributed by atoms with Crippen molar-refractivity contribution in [1.82, 2.24) is 0 Å². The van der Waals surface area contributed by atoms with Gasteiger partial charge in [-0.3, -0.25) is 4.79 Å². The number of carbonyl (C=O) groups is 1. The van der Waals surface area contributed by atoms with E-state index >= 15 is 0 Å². The summed E-state index contributed by atoms with van der Waals surface area (Å²) in [6.07, 6.45) is 1.39. The molecule has 0 aromatic heterocycles. The molecular formula is C20H23NO3. The Morgan fingerprint density at radius 1 is 1.08 bits per heavy atom. The number of anilines is 1. The fourth-order valence-corrected chi connectivity index (χ4v) is 2.93. The van der Waals surface area contributed by atoms with Gasteiger partial charge < -0.3 is 14.8 Å². The lowest BCUT2D eigenvalue weighted by Gasteiger charge is -2.27. The molecule has 0 amide bonds. The predicted octanol–water partition coefficient (Wildman–Crippen LogP) is 4.61. The van der Waals surface area contributed by atoms with Gasteiger partial charge in [-0.2, -0.15) is 0 Å². The highest BCUT2D eigenvalue weighted by atomic mass is 16.5. The summed E-state index contributed by atoms with van der Waals surface area (Å²) in [7, 11) is 0. The van der Waals surface area contributed by atoms with Crippen molar-refractivity contribution in [3.63, 3.8) is 0 Å². The smallest absolute Gasteiger partial charge is 0.167 e. The summed E-state index contributed by atoms with van der Waals surface area (Å²) < 4.78 is 11.5. The number of Topliss-reactive ketones (excluding diaryl/α,β-unsaturated/α-hetero) is 1. The Hall–Kier alpha value is -2.49. The van der Waals surface area contributed by atoms with Gasteiger partial charge in [0.25, 0.3) is 0 Å². The second-order valence-corrected chi connectivity index (χ2v) is 5.86. The van der Waals surface area contributed by atoms with E-state index in [1.807, 2.05) is 49.4 Å². The molecule has 1 unspecified atom stereocenters. The van der Waals surface area contributed by atoms with E-state index < -0.39 is 0 Å². The van der Waals surface area contributed by atoms with Gasteiger partial charge in [-0.05, 0) is 43.2 Å². The highest BCUT2D eigenvalue weighted by Crippen LogP contribution is 2.36. The fourth-order valence-electron chi connectivity index (χ4n) is 2.93. The van der Waals surface area contributed by atoms with Crippen LogP contribution in [-0.2, 0) is 0 Å². The van der Waals surface area contributed by atoms with Crippen LogP contribution in [0.1, 0.15) is 48.7 Å². The molecule has 0 radical (unpaired) electrons. The highest BCUT2D eigenvalue weighted by Gasteiger charge is 2.25. The molecule has 0 saturated heterocycles. The van der Waals surface area contributed by atoms with Gasteiger partial charge in [-0.1, -0.05) is 25.1 Å². The van der Waals surface area contributed by atoms with E-state index in [1.165, 1.54) is 0 Å². The van der Waals surface area contributed by atoms with Gasteiger partial charge >= 0.3 is 0 Å². The Morgan fingerprint density at radius 2 is 1.92 bits per heavy atom. The van der Waals surface area contributed by atoms with E-state index in [9.17, 15) is 4.79 Å². The molecule has 126 valence electrons. The van der Waals surface area contributed by atoms with E-state index in [-0.39, 0.29) is 11.8 Å². The first-order valence-corrected chi connectivity index (χ1v) is 8.51. The van der Waals surface area contributed by atoms with Gasteiger partial charge in [-0.25, -0.2) is 0 Å². The van der Waals surface area contributed by atoms with Gasteiger partial charge in [0.05, 0.1) is 19.3 Å². The van der Waals surface area contributed by atoms with Crippen molar-refractivity contribution in [2.75, 3.05) is 18.5 Å². The van der Waals surface area contributed by atoms with Gasteiger partial charge in [0, 0.05) is 17.7 Å². The largest absolute Gasteiger partial charge is 0.490 e. The fraction of sp³-hybridized carbons (Fsp3) is 0.350. The van der Waals surface area contributed by atoms with E-state index in [0.717, 1.165) is 34.7 Å². The molecule has 1 aliphatic rings. The number of para-hydroxylation sites is 1. The molecule has 2 aromatic carbocycles. The van der Waals surface area contributed by atoms with E-state index in [2.05, 4.69) is 12.2 Å². The lowest BCUT2D eigenvalue weighted by atomic mass is 9.92. The van der Waals surface area contributed by atoms with Crippen LogP contribution in [0.3, 0.4) is 0 Å². The minimum absolute atomic E-state index is 0.0492. The van der Waals surface area contributed by atoms with Crippen molar-refractivity contribution in [1.29, 1.82) is 0 Å². The first kappa shape index (κ1) is 16.4. The Labute approximate surface area is 142 Å².